The number of ether oxygens (including phenoxy) is 1. The summed E-state index contributed by atoms with van der Waals surface area (Å²) in [5, 5.41) is 3.55. The fourth-order valence-corrected chi connectivity index (χ4v) is 2.28. The molecule has 0 radical (unpaired) electrons. The Bertz CT molecular complexity index is 291. The van der Waals surface area contributed by atoms with Crippen LogP contribution < -0.4 is 5.32 Å². The van der Waals surface area contributed by atoms with Crippen molar-refractivity contribution in [2.45, 2.75) is 51.2 Å². The average Bonchev–Trinajstić information content (AvgIpc) is 2.99. The first-order valence-corrected chi connectivity index (χ1v) is 6.72. The predicted molar refractivity (Wildman–Crippen MR) is 68.1 cm³/mol. The molecule has 1 saturated heterocycles. The first-order chi connectivity index (χ1) is 8.34. The minimum Gasteiger partial charge on any atom is -0.469 e. The highest BCUT2D eigenvalue weighted by molar-refractivity contribution is 4.98. The molecule has 1 aromatic heterocycles. The molecule has 3 nitrogen and oxygen atoms in total. The van der Waals surface area contributed by atoms with Gasteiger partial charge in [0.25, 0.3) is 0 Å². The molecular formula is C14H23NO2. The Morgan fingerprint density at radius 1 is 1.53 bits per heavy atom. The zero-order valence-corrected chi connectivity index (χ0v) is 10.7. The summed E-state index contributed by atoms with van der Waals surface area (Å²) in [5.41, 5.74) is 0. The van der Waals surface area contributed by atoms with Gasteiger partial charge in [-0.15, -0.1) is 0 Å². The molecule has 0 aliphatic carbocycles. The second kappa shape index (κ2) is 6.82. The van der Waals surface area contributed by atoms with E-state index in [4.69, 9.17) is 9.15 Å². The smallest absolute Gasteiger partial charge is 0.103 e. The van der Waals surface area contributed by atoms with E-state index < -0.39 is 0 Å². The van der Waals surface area contributed by atoms with E-state index in [1.807, 2.05) is 12.1 Å². The van der Waals surface area contributed by atoms with Crippen LogP contribution in [0, 0.1) is 0 Å². The fourth-order valence-electron chi connectivity index (χ4n) is 2.28. The monoisotopic (exact) mass is 237 g/mol. The van der Waals surface area contributed by atoms with Crippen molar-refractivity contribution in [3.05, 3.63) is 24.2 Å². The summed E-state index contributed by atoms with van der Waals surface area (Å²) < 4.78 is 10.9. The van der Waals surface area contributed by atoms with Crippen molar-refractivity contribution in [1.82, 2.24) is 5.32 Å². The fraction of sp³-hybridized carbons (Fsp3) is 0.714. The molecule has 0 saturated carbocycles. The zero-order chi connectivity index (χ0) is 11.9. The molecule has 2 rings (SSSR count). The molecule has 1 N–H and O–H groups in total. The Kier molecular flexibility index (Phi) is 5.08. The normalized spacial score (nSPS) is 21.8. The van der Waals surface area contributed by atoms with E-state index in [1.165, 1.54) is 12.8 Å². The number of hydrogen-bond acceptors (Lipinski definition) is 3. The number of hydrogen-bond donors (Lipinski definition) is 1. The number of nitrogens with one attached hydrogen (secondary N) is 1. The van der Waals surface area contributed by atoms with Crippen molar-refractivity contribution in [2.24, 2.45) is 0 Å². The van der Waals surface area contributed by atoms with Crippen molar-refractivity contribution in [1.29, 1.82) is 0 Å². The maximum Gasteiger partial charge on any atom is 0.103 e. The van der Waals surface area contributed by atoms with Gasteiger partial charge >= 0.3 is 0 Å². The van der Waals surface area contributed by atoms with Crippen molar-refractivity contribution in [3.63, 3.8) is 0 Å². The van der Waals surface area contributed by atoms with Gasteiger partial charge in [-0.3, -0.25) is 0 Å². The first-order valence-electron chi connectivity index (χ1n) is 6.72. The second-order valence-corrected chi connectivity index (χ2v) is 4.90. The number of aryl methyl sites for hydroxylation is 1. The Balaban J connectivity index is 1.52. The summed E-state index contributed by atoms with van der Waals surface area (Å²) in [7, 11) is 0. The molecule has 1 aliphatic heterocycles. The lowest BCUT2D eigenvalue weighted by Gasteiger charge is -2.15. The van der Waals surface area contributed by atoms with Gasteiger partial charge in [-0.05, 0) is 51.3 Å². The van der Waals surface area contributed by atoms with Crippen LogP contribution in [0.15, 0.2) is 22.8 Å². The van der Waals surface area contributed by atoms with Crippen molar-refractivity contribution >= 4 is 0 Å². The lowest BCUT2D eigenvalue weighted by Crippen LogP contribution is -2.29. The summed E-state index contributed by atoms with van der Waals surface area (Å²) in [4.78, 5) is 0. The molecule has 1 fully saturated rings. The molecular weight excluding hydrogens is 214 g/mol. The van der Waals surface area contributed by atoms with E-state index in [0.717, 1.165) is 38.2 Å². The summed E-state index contributed by atoms with van der Waals surface area (Å²) in [6.45, 7) is 4.25. The van der Waals surface area contributed by atoms with Gasteiger partial charge in [0.05, 0.1) is 12.4 Å². The molecule has 0 bridgehead atoms. The number of furan rings is 1. The third-order valence-electron chi connectivity index (χ3n) is 3.39. The van der Waals surface area contributed by atoms with Crippen LogP contribution in [0.25, 0.3) is 0 Å². The molecule has 2 atom stereocenters. The van der Waals surface area contributed by atoms with Gasteiger partial charge < -0.3 is 14.5 Å². The Hall–Kier alpha value is -0.800. The second-order valence-electron chi connectivity index (χ2n) is 4.90. The lowest BCUT2D eigenvalue weighted by atomic mass is 10.1. The summed E-state index contributed by atoms with van der Waals surface area (Å²) in [5.74, 6) is 1.08. The van der Waals surface area contributed by atoms with E-state index in [2.05, 4.69) is 12.2 Å². The van der Waals surface area contributed by atoms with E-state index in [1.54, 1.807) is 6.26 Å². The quantitative estimate of drug-likeness (QED) is 0.792. The van der Waals surface area contributed by atoms with E-state index in [0.29, 0.717) is 12.1 Å². The molecule has 2 heterocycles. The highest BCUT2D eigenvalue weighted by Crippen LogP contribution is 2.14. The van der Waals surface area contributed by atoms with Crippen molar-refractivity contribution < 1.29 is 9.15 Å². The predicted octanol–water partition coefficient (Wildman–Crippen LogP) is 2.76. The minimum absolute atomic E-state index is 0.500. The molecule has 96 valence electrons. The van der Waals surface area contributed by atoms with Crippen LogP contribution in [0.4, 0.5) is 0 Å². The topological polar surface area (TPSA) is 34.4 Å². The Morgan fingerprint density at radius 3 is 3.18 bits per heavy atom. The van der Waals surface area contributed by atoms with Crippen LogP contribution in [-0.4, -0.2) is 25.3 Å². The summed E-state index contributed by atoms with van der Waals surface area (Å²) in [6.07, 6.45) is 8.00. The molecule has 0 amide bonds. The molecule has 1 aromatic rings. The maximum absolute atomic E-state index is 5.60. The molecule has 2 unspecified atom stereocenters. The first kappa shape index (κ1) is 12.7. The van der Waals surface area contributed by atoms with Crippen LogP contribution in [0.1, 0.15) is 38.4 Å². The van der Waals surface area contributed by atoms with Crippen molar-refractivity contribution in [3.8, 4) is 0 Å². The summed E-state index contributed by atoms with van der Waals surface area (Å²) in [6, 6.07) is 4.53. The average molecular weight is 237 g/mol. The van der Waals surface area contributed by atoms with Gasteiger partial charge in [-0.25, -0.2) is 0 Å². The summed E-state index contributed by atoms with van der Waals surface area (Å²) >= 11 is 0. The lowest BCUT2D eigenvalue weighted by molar-refractivity contribution is 0.103. The van der Waals surface area contributed by atoms with Gasteiger partial charge in [0.2, 0.25) is 0 Å². The Morgan fingerprint density at radius 2 is 2.47 bits per heavy atom. The minimum atomic E-state index is 0.500. The highest BCUT2D eigenvalue weighted by atomic mass is 16.5. The molecule has 0 aromatic carbocycles. The molecule has 1 aliphatic rings. The van der Waals surface area contributed by atoms with Crippen LogP contribution in [0.3, 0.4) is 0 Å². The maximum atomic E-state index is 5.60. The molecule has 17 heavy (non-hydrogen) atoms. The van der Waals surface area contributed by atoms with Crippen LogP contribution in [-0.2, 0) is 11.2 Å². The number of rotatable bonds is 7. The van der Waals surface area contributed by atoms with Crippen molar-refractivity contribution in [2.75, 3.05) is 13.2 Å². The van der Waals surface area contributed by atoms with Gasteiger partial charge in [0, 0.05) is 19.1 Å². The van der Waals surface area contributed by atoms with E-state index in [-0.39, 0.29) is 0 Å². The van der Waals surface area contributed by atoms with Crippen LogP contribution >= 0.6 is 0 Å². The highest BCUT2D eigenvalue weighted by Gasteiger charge is 2.14. The van der Waals surface area contributed by atoms with Gasteiger partial charge in [0.15, 0.2) is 0 Å². The van der Waals surface area contributed by atoms with E-state index in [9.17, 15) is 0 Å². The van der Waals surface area contributed by atoms with Crippen LogP contribution in [0.5, 0.6) is 0 Å². The zero-order valence-electron chi connectivity index (χ0n) is 10.7. The SMILES string of the molecule is CC(CCc1ccco1)NCCC1CCCO1. The Labute approximate surface area is 104 Å². The van der Waals surface area contributed by atoms with Gasteiger partial charge in [-0.1, -0.05) is 0 Å². The standard InChI is InChI=1S/C14H23NO2/c1-12(6-7-13-4-2-10-16-13)15-9-8-14-5-3-11-17-14/h2,4,10,12,14-15H,3,5-9,11H2,1H3. The largest absolute Gasteiger partial charge is 0.469 e. The third-order valence-corrected chi connectivity index (χ3v) is 3.39. The van der Waals surface area contributed by atoms with Gasteiger partial charge in [0.1, 0.15) is 5.76 Å². The molecule has 3 heteroatoms. The van der Waals surface area contributed by atoms with Gasteiger partial charge in [-0.2, -0.15) is 0 Å². The van der Waals surface area contributed by atoms with E-state index >= 15 is 0 Å². The molecule has 0 spiro atoms. The van der Waals surface area contributed by atoms with Crippen LogP contribution in [0.2, 0.25) is 0 Å². The third kappa shape index (κ3) is 4.52.